The molecular formula is C22H21Cl3N4O3S. The van der Waals surface area contributed by atoms with E-state index in [9.17, 15) is 13.2 Å². The Labute approximate surface area is 207 Å². The standard InChI is InChI=1S/C22H21Cl3N4O3S/c23-17-7-3-2-6-15(17)14-28-11-8-21(27-28)26-22(30)16-12-20(19(25)13-18(16)24)33(31,32)29-9-4-1-5-10-29/h2-3,6-8,11-13H,1,4-5,9-10,14H2,(H,26,27,30). The van der Waals surface area contributed by atoms with Gasteiger partial charge in [0, 0.05) is 30.4 Å². The molecule has 0 atom stereocenters. The van der Waals surface area contributed by atoms with Crippen LogP contribution in [0.5, 0.6) is 0 Å². The fourth-order valence-corrected chi connectivity index (χ4v) is 6.19. The number of halogens is 3. The van der Waals surface area contributed by atoms with Crippen molar-refractivity contribution in [3.8, 4) is 0 Å². The van der Waals surface area contributed by atoms with Crippen molar-refractivity contribution in [3.05, 3.63) is 74.9 Å². The van der Waals surface area contributed by atoms with Gasteiger partial charge in [0.15, 0.2) is 5.82 Å². The molecule has 1 aliphatic heterocycles. The third-order valence-electron chi connectivity index (χ3n) is 5.37. The van der Waals surface area contributed by atoms with Crippen LogP contribution in [0, 0.1) is 0 Å². The molecule has 0 radical (unpaired) electrons. The highest BCUT2D eigenvalue weighted by Crippen LogP contribution is 2.32. The van der Waals surface area contributed by atoms with Gasteiger partial charge >= 0.3 is 0 Å². The molecule has 33 heavy (non-hydrogen) atoms. The quantitative estimate of drug-likeness (QED) is 0.470. The third kappa shape index (κ3) is 5.36. The average Bonchev–Trinajstić information content (AvgIpc) is 3.22. The molecule has 2 heterocycles. The van der Waals surface area contributed by atoms with Crippen molar-refractivity contribution in [2.24, 2.45) is 0 Å². The molecule has 0 bridgehead atoms. The van der Waals surface area contributed by atoms with Crippen molar-refractivity contribution in [1.29, 1.82) is 0 Å². The van der Waals surface area contributed by atoms with Gasteiger partial charge in [0.05, 0.1) is 22.2 Å². The summed E-state index contributed by atoms with van der Waals surface area (Å²) in [5.41, 5.74) is 0.880. The molecule has 1 aliphatic rings. The summed E-state index contributed by atoms with van der Waals surface area (Å²) in [6.07, 6.45) is 4.26. The van der Waals surface area contributed by atoms with E-state index in [2.05, 4.69) is 10.4 Å². The summed E-state index contributed by atoms with van der Waals surface area (Å²) >= 11 is 18.6. The van der Waals surface area contributed by atoms with E-state index in [1.165, 1.54) is 16.4 Å². The molecule has 3 aromatic rings. The number of nitrogens with one attached hydrogen (secondary N) is 1. The molecule has 1 saturated heterocycles. The van der Waals surface area contributed by atoms with Crippen LogP contribution >= 0.6 is 34.8 Å². The Morgan fingerprint density at radius 2 is 1.70 bits per heavy atom. The average molecular weight is 528 g/mol. The van der Waals surface area contributed by atoms with Gasteiger partial charge < -0.3 is 5.32 Å². The van der Waals surface area contributed by atoms with Gasteiger partial charge in [-0.3, -0.25) is 9.48 Å². The van der Waals surface area contributed by atoms with E-state index in [4.69, 9.17) is 34.8 Å². The monoisotopic (exact) mass is 526 g/mol. The van der Waals surface area contributed by atoms with Crippen molar-refractivity contribution in [1.82, 2.24) is 14.1 Å². The largest absolute Gasteiger partial charge is 0.305 e. The van der Waals surface area contributed by atoms with E-state index < -0.39 is 15.9 Å². The molecule has 1 fully saturated rings. The highest BCUT2D eigenvalue weighted by Gasteiger charge is 2.30. The first kappa shape index (κ1) is 24.0. The maximum absolute atomic E-state index is 13.1. The fourth-order valence-electron chi connectivity index (χ4n) is 3.65. The van der Waals surface area contributed by atoms with E-state index in [1.54, 1.807) is 23.0 Å². The number of amides is 1. The second-order valence-corrected chi connectivity index (χ2v) is 10.8. The molecule has 1 amide bonds. The smallest absolute Gasteiger partial charge is 0.258 e. The first-order valence-corrected chi connectivity index (χ1v) is 12.9. The minimum atomic E-state index is -3.84. The van der Waals surface area contributed by atoms with Crippen LogP contribution in [0.2, 0.25) is 15.1 Å². The minimum absolute atomic E-state index is 0.00250. The van der Waals surface area contributed by atoms with E-state index in [0.717, 1.165) is 24.8 Å². The molecule has 1 aromatic heterocycles. The summed E-state index contributed by atoms with van der Waals surface area (Å²) < 4.78 is 29.2. The van der Waals surface area contributed by atoms with Gasteiger partial charge in [0.2, 0.25) is 10.0 Å². The minimum Gasteiger partial charge on any atom is -0.305 e. The molecule has 4 rings (SSSR count). The molecule has 0 saturated carbocycles. The van der Waals surface area contributed by atoms with Crippen LogP contribution in [0.4, 0.5) is 5.82 Å². The lowest BCUT2D eigenvalue weighted by Gasteiger charge is -2.26. The molecule has 1 N–H and O–H groups in total. The van der Waals surface area contributed by atoms with Gasteiger partial charge in [-0.25, -0.2) is 8.42 Å². The number of nitrogens with zero attached hydrogens (tertiary/aromatic N) is 3. The van der Waals surface area contributed by atoms with Crippen LogP contribution in [0.1, 0.15) is 35.2 Å². The molecule has 174 valence electrons. The lowest BCUT2D eigenvalue weighted by molar-refractivity contribution is 0.102. The van der Waals surface area contributed by atoms with Crippen LogP contribution in [0.15, 0.2) is 53.6 Å². The van der Waals surface area contributed by atoms with Gasteiger partial charge in [-0.1, -0.05) is 59.4 Å². The molecule has 0 spiro atoms. The summed E-state index contributed by atoms with van der Waals surface area (Å²) in [6, 6.07) is 11.5. The van der Waals surface area contributed by atoms with Crippen molar-refractivity contribution in [2.75, 3.05) is 18.4 Å². The topological polar surface area (TPSA) is 84.3 Å². The third-order valence-corrected chi connectivity index (χ3v) is 8.42. The number of anilines is 1. The predicted molar refractivity (Wildman–Crippen MR) is 130 cm³/mol. The van der Waals surface area contributed by atoms with E-state index in [0.29, 0.717) is 30.5 Å². The summed E-state index contributed by atoms with van der Waals surface area (Å²) in [7, 11) is -3.84. The number of aromatic nitrogens is 2. The zero-order valence-electron chi connectivity index (χ0n) is 17.5. The van der Waals surface area contributed by atoms with Crippen molar-refractivity contribution < 1.29 is 13.2 Å². The number of benzene rings is 2. The lowest BCUT2D eigenvalue weighted by atomic mass is 10.2. The number of piperidine rings is 1. The first-order chi connectivity index (χ1) is 15.8. The Kier molecular flexibility index (Phi) is 7.31. The first-order valence-electron chi connectivity index (χ1n) is 10.3. The molecular weight excluding hydrogens is 507 g/mol. The Morgan fingerprint density at radius 3 is 2.42 bits per heavy atom. The summed E-state index contributed by atoms with van der Waals surface area (Å²) in [5, 5.41) is 7.64. The molecule has 2 aromatic carbocycles. The maximum Gasteiger partial charge on any atom is 0.258 e. The molecule has 11 heteroatoms. The zero-order chi connectivity index (χ0) is 23.6. The van der Waals surface area contributed by atoms with Crippen LogP contribution in [0.3, 0.4) is 0 Å². The van der Waals surface area contributed by atoms with Crippen molar-refractivity contribution >= 4 is 56.6 Å². The van der Waals surface area contributed by atoms with E-state index >= 15 is 0 Å². The molecule has 0 unspecified atom stereocenters. The predicted octanol–water partition coefficient (Wildman–Crippen LogP) is 5.32. The van der Waals surface area contributed by atoms with E-state index in [1.807, 2.05) is 18.2 Å². The van der Waals surface area contributed by atoms with Crippen molar-refractivity contribution in [2.45, 2.75) is 30.7 Å². The van der Waals surface area contributed by atoms with Crippen LogP contribution < -0.4 is 5.32 Å². The van der Waals surface area contributed by atoms with Gasteiger partial charge in [-0.15, -0.1) is 0 Å². The number of hydrogen-bond acceptors (Lipinski definition) is 4. The highest BCUT2D eigenvalue weighted by atomic mass is 35.5. The Bertz CT molecular complexity index is 1290. The highest BCUT2D eigenvalue weighted by molar-refractivity contribution is 7.89. The van der Waals surface area contributed by atoms with Gasteiger partial charge in [-0.2, -0.15) is 9.40 Å². The number of carbonyl (C=O) groups excluding carboxylic acids is 1. The number of carbonyl (C=O) groups is 1. The molecule has 7 nitrogen and oxygen atoms in total. The Balaban J connectivity index is 1.55. The number of hydrogen-bond donors (Lipinski definition) is 1. The van der Waals surface area contributed by atoms with E-state index in [-0.39, 0.29) is 20.5 Å². The Morgan fingerprint density at radius 1 is 0.970 bits per heavy atom. The van der Waals surface area contributed by atoms with Crippen molar-refractivity contribution in [3.63, 3.8) is 0 Å². The summed E-state index contributed by atoms with van der Waals surface area (Å²) in [4.78, 5) is 12.8. The zero-order valence-corrected chi connectivity index (χ0v) is 20.6. The van der Waals surface area contributed by atoms with Gasteiger partial charge in [0.25, 0.3) is 5.91 Å². The Hall–Kier alpha value is -2.10. The molecule has 0 aliphatic carbocycles. The summed E-state index contributed by atoms with van der Waals surface area (Å²) in [5.74, 6) is -0.298. The van der Waals surface area contributed by atoms with Crippen LogP contribution in [-0.4, -0.2) is 41.5 Å². The number of sulfonamides is 1. The van der Waals surface area contributed by atoms with Gasteiger partial charge in [0.1, 0.15) is 4.90 Å². The lowest BCUT2D eigenvalue weighted by Crippen LogP contribution is -2.35. The maximum atomic E-state index is 13.1. The SMILES string of the molecule is O=C(Nc1ccn(Cc2ccccc2Cl)n1)c1cc(S(=O)(=O)N2CCCCC2)c(Cl)cc1Cl. The number of rotatable bonds is 6. The summed E-state index contributed by atoms with van der Waals surface area (Å²) in [6.45, 7) is 1.27. The van der Waals surface area contributed by atoms with Gasteiger partial charge in [-0.05, 0) is 36.6 Å². The second-order valence-electron chi connectivity index (χ2n) is 7.67. The normalized spacial score (nSPS) is 14.9. The second kappa shape index (κ2) is 10.0. The van der Waals surface area contributed by atoms with Crippen LogP contribution in [0.25, 0.3) is 0 Å². The van der Waals surface area contributed by atoms with Crippen LogP contribution in [-0.2, 0) is 16.6 Å². The fraction of sp³-hybridized carbons (Fsp3) is 0.273.